The predicted octanol–water partition coefficient (Wildman–Crippen LogP) is 1.96. The minimum Gasteiger partial charge on any atom is -0.258 e. The maximum absolute atomic E-state index is 12.5. The number of pyridine rings is 1. The molecule has 0 fully saturated rings. The molecule has 1 N–H and O–H groups in total. The number of hydrogen-bond acceptors (Lipinski definition) is 6. The Bertz CT molecular complexity index is 1050. The molecule has 0 aliphatic rings. The van der Waals surface area contributed by atoms with Gasteiger partial charge in [0.1, 0.15) is 0 Å². The number of nitro benzene ring substituents is 1. The van der Waals surface area contributed by atoms with Crippen LogP contribution in [0.2, 0.25) is 0 Å². The molecule has 0 aliphatic carbocycles. The molecule has 2 aromatic heterocycles. The van der Waals surface area contributed by atoms with Gasteiger partial charge >= 0.3 is 0 Å². The summed E-state index contributed by atoms with van der Waals surface area (Å²) in [6.45, 7) is 1.43. The summed E-state index contributed by atoms with van der Waals surface area (Å²) in [7, 11) is -3.91. The van der Waals surface area contributed by atoms with Gasteiger partial charge < -0.3 is 0 Å². The van der Waals surface area contributed by atoms with Crippen LogP contribution in [0.4, 0.5) is 5.69 Å². The van der Waals surface area contributed by atoms with Gasteiger partial charge in [0.25, 0.3) is 5.69 Å². The van der Waals surface area contributed by atoms with Gasteiger partial charge in [-0.1, -0.05) is 6.07 Å². The van der Waals surface area contributed by atoms with Crippen LogP contribution in [0.25, 0.3) is 5.82 Å². The second-order valence-corrected chi connectivity index (χ2v) is 7.19. The molecule has 2 heterocycles. The van der Waals surface area contributed by atoms with Crippen LogP contribution in [0.1, 0.15) is 11.1 Å². The number of nitrogens with one attached hydrogen (secondary N) is 1. The molecule has 0 saturated carbocycles. The Hall–Kier alpha value is -3.11. The molecule has 1 aromatic carbocycles. The number of rotatable bonds is 6. The van der Waals surface area contributed by atoms with Gasteiger partial charge in [-0.05, 0) is 36.8 Å². The molecule has 0 unspecified atom stereocenters. The molecule has 26 heavy (non-hydrogen) atoms. The molecule has 3 rings (SSSR count). The van der Waals surface area contributed by atoms with Crippen molar-refractivity contribution in [3.05, 3.63) is 76.2 Å². The van der Waals surface area contributed by atoms with Crippen LogP contribution in [0.15, 0.2) is 59.9 Å². The number of nitrogens with zero attached hydrogens (tertiary/aromatic N) is 4. The Morgan fingerprint density at radius 1 is 1.23 bits per heavy atom. The zero-order valence-corrected chi connectivity index (χ0v) is 14.5. The molecular weight excluding hydrogens is 358 g/mol. The van der Waals surface area contributed by atoms with Crippen molar-refractivity contribution in [2.24, 2.45) is 0 Å². The maximum Gasteiger partial charge on any atom is 0.273 e. The molecule has 9 nitrogen and oxygen atoms in total. The van der Waals surface area contributed by atoms with Gasteiger partial charge in [-0.2, -0.15) is 5.10 Å². The van der Waals surface area contributed by atoms with Crippen LogP contribution in [0.3, 0.4) is 0 Å². The average molecular weight is 373 g/mol. The van der Waals surface area contributed by atoms with Crippen molar-refractivity contribution in [1.29, 1.82) is 0 Å². The lowest BCUT2D eigenvalue weighted by atomic mass is 10.2. The second kappa shape index (κ2) is 7.02. The van der Waals surface area contributed by atoms with E-state index >= 15 is 0 Å². The van der Waals surface area contributed by atoms with Crippen LogP contribution >= 0.6 is 0 Å². The molecule has 0 radical (unpaired) electrons. The van der Waals surface area contributed by atoms with Crippen molar-refractivity contribution in [1.82, 2.24) is 19.5 Å². The minimum absolute atomic E-state index is 0.0151. The molecule has 0 saturated heterocycles. The summed E-state index contributed by atoms with van der Waals surface area (Å²) in [5, 5.41) is 15.1. The molecule has 0 bridgehead atoms. The fraction of sp³-hybridized carbons (Fsp3) is 0.125. The van der Waals surface area contributed by atoms with Crippen LogP contribution in [-0.2, 0) is 16.6 Å². The highest BCUT2D eigenvalue weighted by molar-refractivity contribution is 7.89. The maximum atomic E-state index is 12.5. The summed E-state index contributed by atoms with van der Waals surface area (Å²) in [6.07, 6.45) is 4.89. The highest BCUT2D eigenvalue weighted by Crippen LogP contribution is 2.24. The molecule has 0 spiro atoms. The standard InChI is InChI=1S/C16H15N5O4S/c1-12-14(21(22)23)4-2-5-15(12)26(24,25)19-11-13-6-8-17-16(10-13)20-9-3-7-18-20/h2-10,19H,11H2,1H3. The van der Waals surface area contributed by atoms with Gasteiger partial charge in [-0.3, -0.25) is 10.1 Å². The lowest BCUT2D eigenvalue weighted by Crippen LogP contribution is -2.24. The normalized spacial score (nSPS) is 11.4. The van der Waals surface area contributed by atoms with Crippen LogP contribution in [0, 0.1) is 17.0 Å². The zero-order chi connectivity index (χ0) is 18.7. The third kappa shape index (κ3) is 3.60. The molecule has 0 aliphatic heterocycles. The lowest BCUT2D eigenvalue weighted by molar-refractivity contribution is -0.385. The largest absolute Gasteiger partial charge is 0.273 e. The van der Waals surface area contributed by atoms with Crippen LogP contribution < -0.4 is 4.72 Å². The third-order valence-electron chi connectivity index (χ3n) is 3.76. The summed E-state index contributed by atoms with van der Waals surface area (Å²) in [6, 6.07) is 9.09. The van der Waals surface area contributed by atoms with Crippen molar-refractivity contribution in [3.63, 3.8) is 0 Å². The molecule has 10 heteroatoms. The summed E-state index contributed by atoms with van der Waals surface area (Å²) >= 11 is 0. The van der Waals surface area contributed by atoms with Gasteiger partial charge in [-0.25, -0.2) is 22.8 Å². The SMILES string of the molecule is Cc1c([N+](=O)[O-])cccc1S(=O)(=O)NCc1ccnc(-n2cccn2)c1. The third-order valence-corrected chi connectivity index (χ3v) is 5.30. The van der Waals surface area contributed by atoms with E-state index < -0.39 is 14.9 Å². The number of hydrogen-bond donors (Lipinski definition) is 1. The highest BCUT2D eigenvalue weighted by Gasteiger charge is 2.22. The van der Waals surface area contributed by atoms with E-state index in [0.29, 0.717) is 11.4 Å². The van der Waals surface area contributed by atoms with Gasteiger partial charge in [0.05, 0.1) is 9.82 Å². The first kappa shape index (κ1) is 17.7. The molecule has 0 atom stereocenters. The van der Waals surface area contributed by atoms with Crippen molar-refractivity contribution in [2.45, 2.75) is 18.4 Å². The van der Waals surface area contributed by atoms with Crippen molar-refractivity contribution >= 4 is 15.7 Å². The fourth-order valence-corrected chi connectivity index (χ4v) is 3.73. The zero-order valence-electron chi connectivity index (χ0n) is 13.7. The van der Waals surface area contributed by atoms with E-state index in [1.165, 1.54) is 25.1 Å². The van der Waals surface area contributed by atoms with Gasteiger partial charge in [0, 0.05) is 36.8 Å². The first-order valence-corrected chi connectivity index (χ1v) is 9.05. The van der Waals surface area contributed by atoms with Crippen molar-refractivity contribution < 1.29 is 13.3 Å². The van der Waals surface area contributed by atoms with Gasteiger partial charge in [0.15, 0.2) is 5.82 Å². The van der Waals surface area contributed by atoms with E-state index in [1.807, 2.05) is 0 Å². The predicted molar refractivity (Wildman–Crippen MR) is 93.2 cm³/mol. The smallest absolute Gasteiger partial charge is 0.258 e. The number of sulfonamides is 1. The van der Waals surface area contributed by atoms with Crippen LogP contribution in [0.5, 0.6) is 0 Å². The summed E-state index contributed by atoms with van der Waals surface area (Å²) < 4.78 is 29.1. The van der Waals surface area contributed by atoms with E-state index in [0.717, 1.165) is 0 Å². The fourth-order valence-electron chi connectivity index (χ4n) is 2.45. The van der Waals surface area contributed by atoms with E-state index in [2.05, 4.69) is 14.8 Å². The topological polar surface area (TPSA) is 120 Å². The van der Waals surface area contributed by atoms with Crippen molar-refractivity contribution in [2.75, 3.05) is 0 Å². The Kier molecular flexibility index (Phi) is 4.78. The Labute approximate surface area is 149 Å². The first-order chi connectivity index (χ1) is 12.4. The van der Waals surface area contributed by atoms with E-state index in [1.54, 1.807) is 41.5 Å². The minimum atomic E-state index is -3.91. The molecular formula is C16H15N5O4S. The quantitative estimate of drug-likeness (QED) is 0.521. The van der Waals surface area contributed by atoms with Crippen LogP contribution in [-0.4, -0.2) is 28.1 Å². The van der Waals surface area contributed by atoms with E-state index in [-0.39, 0.29) is 22.7 Å². The van der Waals surface area contributed by atoms with Crippen molar-refractivity contribution in [3.8, 4) is 5.82 Å². The average Bonchev–Trinajstić information content (AvgIpc) is 3.15. The van der Waals surface area contributed by atoms with E-state index in [9.17, 15) is 18.5 Å². The van der Waals surface area contributed by atoms with Gasteiger partial charge in [0.2, 0.25) is 10.0 Å². The Morgan fingerprint density at radius 3 is 2.73 bits per heavy atom. The van der Waals surface area contributed by atoms with Gasteiger partial charge in [-0.15, -0.1) is 0 Å². The summed E-state index contributed by atoms with van der Waals surface area (Å²) in [4.78, 5) is 14.5. The summed E-state index contributed by atoms with van der Waals surface area (Å²) in [5.74, 6) is 0.554. The molecule has 0 amide bonds. The van der Waals surface area contributed by atoms with E-state index in [4.69, 9.17) is 0 Å². The monoisotopic (exact) mass is 373 g/mol. The Balaban J connectivity index is 1.83. The highest BCUT2D eigenvalue weighted by atomic mass is 32.2. The molecule has 3 aromatic rings. The lowest BCUT2D eigenvalue weighted by Gasteiger charge is -2.10. The molecule has 134 valence electrons. The number of nitro groups is 1. The first-order valence-electron chi connectivity index (χ1n) is 7.57. The summed E-state index contributed by atoms with van der Waals surface area (Å²) in [5.41, 5.74) is 0.534. The second-order valence-electron chi connectivity index (χ2n) is 5.45. The number of benzene rings is 1. The number of aromatic nitrogens is 3. The Morgan fingerprint density at radius 2 is 2.04 bits per heavy atom.